The number of imide groups is 1. The van der Waals surface area contributed by atoms with Gasteiger partial charge >= 0.3 is 6.03 Å². The summed E-state index contributed by atoms with van der Waals surface area (Å²) in [6.07, 6.45) is -3.53. The highest BCUT2D eigenvalue weighted by Gasteiger charge is 2.50. The number of hydrogen-bond donors (Lipinski definition) is 1. The zero-order valence-electron chi connectivity index (χ0n) is 8.09. The van der Waals surface area contributed by atoms with Crippen molar-refractivity contribution in [3.05, 3.63) is 0 Å². The van der Waals surface area contributed by atoms with Crippen molar-refractivity contribution in [2.75, 3.05) is 12.4 Å². The van der Waals surface area contributed by atoms with Crippen LogP contribution in [0, 0.1) is 0 Å². The molecule has 2 bridgehead atoms. The molecule has 3 rings (SSSR count). The van der Waals surface area contributed by atoms with Gasteiger partial charge in [-0.15, -0.1) is 11.8 Å². The smallest absolute Gasteiger partial charge is 0.328 e. The maximum atomic E-state index is 13.6. The largest absolute Gasteiger partial charge is 0.351 e. The summed E-state index contributed by atoms with van der Waals surface area (Å²) in [7, 11) is 0. The average Bonchev–Trinajstić information content (AvgIpc) is 2.58. The van der Waals surface area contributed by atoms with Crippen LogP contribution in [0.25, 0.3) is 0 Å². The summed E-state index contributed by atoms with van der Waals surface area (Å²) >= 11 is 1.51. The number of alkyl halides is 1. The molecule has 6 nitrogen and oxygen atoms in total. The molecule has 88 valence electrons. The maximum Gasteiger partial charge on any atom is 0.328 e. The molecule has 3 aliphatic heterocycles. The number of thioether (sulfide) groups is 1. The Morgan fingerprint density at radius 1 is 1.50 bits per heavy atom. The predicted molar refractivity (Wildman–Crippen MR) is 51.1 cm³/mol. The number of amides is 3. The van der Waals surface area contributed by atoms with E-state index in [2.05, 4.69) is 0 Å². The Balaban J connectivity index is 1.92. The number of fused-ring (bicyclic) bond motifs is 4. The molecule has 16 heavy (non-hydrogen) atoms. The van der Waals surface area contributed by atoms with E-state index in [4.69, 9.17) is 9.47 Å². The number of rotatable bonds is 0. The molecule has 3 saturated heterocycles. The molecule has 1 N–H and O–H groups in total. The minimum atomic E-state index is -1.86. The highest BCUT2D eigenvalue weighted by molar-refractivity contribution is 8.00. The van der Waals surface area contributed by atoms with Gasteiger partial charge in [-0.05, 0) is 0 Å². The van der Waals surface area contributed by atoms with Crippen LogP contribution in [-0.2, 0) is 14.3 Å². The third-order valence-corrected chi connectivity index (χ3v) is 3.78. The second-order valence-electron chi connectivity index (χ2n) is 3.68. The Bertz CT molecular complexity index is 355. The number of carbonyl (C=O) groups excluding carboxylic acids is 2. The van der Waals surface area contributed by atoms with E-state index >= 15 is 0 Å². The first kappa shape index (κ1) is 10.3. The van der Waals surface area contributed by atoms with Crippen molar-refractivity contribution in [2.24, 2.45) is 0 Å². The van der Waals surface area contributed by atoms with Crippen molar-refractivity contribution >= 4 is 23.7 Å². The molecule has 3 heterocycles. The molecule has 3 amide bonds. The summed E-state index contributed by atoms with van der Waals surface area (Å²) in [5.74, 6) is -0.379. The molecule has 0 saturated carbocycles. The zero-order chi connectivity index (χ0) is 11.3. The van der Waals surface area contributed by atoms with Gasteiger partial charge in [0.05, 0.1) is 6.61 Å². The lowest BCUT2D eigenvalue weighted by molar-refractivity contribution is -0.148. The van der Waals surface area contributed by atoms with Crippen LogP contribution < -0.4 is 5.32 Å². The highest BCUT2D eigenvalue weighted by atomic mass is 32.2. The quantitative estimate of drug-likeness (QED) is 0.634. The fourth-order valence-electron chi connectivity index (χ4n) is 1.94. The first-order valence-electron chi connectivity index (χ1n) is 4.83. The van der Waals surface area contributed by atoms with E-state index < -0.39 is 30.6 Å². The van der Waals surface area contributed by atoms with Crippen LogP contribution >= 0.6 is 11.8 Å². The number of carbonyl (C=O) groups is 2. The maximum absolute atomic E-state index is 13.6. The van der Waals surface area contributed by atoms with Gasteiger partial charge in [-0.25, -0.2) is 9.18 Å². The molecule has 3 fully saturated rings. The van der Waals surface area contributed by atoms with Crippen molar-refractivity contribution < 1.29 is 23.5 Å². The first-order chi connectivity index (χ1) is 7.66. The van der Waals surface area contributed by atoms with Crippen molar-refractivity contribution in [3.8, 4) is 0 Å². The number of nitrogens with zero attached hydrogens (tertiary/aromatic N) is 1. The summed E-state index contributed by atoms with van der Waals surface area (Å²) in [5.41, 5.74) is -0.189. The number of ether oxygens (including phenoxy) is 2. The lowest BCUT2D eigenvalue weighted by atomic mass is 10.2. The molecule has 0 spiro atoms. The van der Waals surface area contributed by atoms with E-state index in [1.54, 1.807) is 0 Å². The van der Waals surface area contributed by atoms with Crippen LogP contribution in [0.2, 0.25) is 0 Å². The summed E-state index contributed by atoms with van der Waals surface area (Å²) in [4.78, 5) is 23.8. The number of halogens is 1. The van der Waals surface area contributed by atoms with Crippen molar-refractivity contribution in [1.82, 2.24) is 10.2 Å². The Hall–Kier alpha value is -0.860. The molecule has 4 atom stereocenters. The lowest BCUT2D eigenvalue weighted by Gasteiger charge is -2.37. The number of urea groups is 1. The second kappa shape index (κ2) is 3.57. The van der Waals surface area contributed by atoms with Crippen LogP contribution in [-0.4, -0.2) is 53.3 Å². The van der Waals surface area contributed by atoms with Gasteiger partial charge in [-0.1, -0.05) is 0 Å². The lowest BCUT2D eigenvalue weighted by Crippen LogP contribution is -2.64. The van der Waals surface area contributed by atoms with Crippen molar-refractivity contribution in [1.29, 1.82) is 0 Å². The van der Waals surface area contributed by atoms with Crippen molar-refractivity contribution in [2.45, 2.75) is 24.1 Å². The average molecular weight is 248 g/mol. The minimum Gasteiger partial charge on any atom is -0.351 e. The predicted octanol–water partition coefficient (Wildman–Crippen LogP) is -0.352. The molecule has 0 aromatic carbocycles. The monoisotopic (exact) mass is 248 g/mol. The fraction of sp³-hybridized carbons (Fsp3) is 0.750. The van der Waals surface area contributed by atoms with E-state index in [-0.39, 0.29) is 12.0 Å². The normalized spacial score (nSPS) is 42.7. The summed E-state index contributed by atoms with van der Waals surface area (Å²) < 4.78 is 24.3. The van der Waals surface area contributed by atoms with E-state index in [0.717, 1.165) is 4.90 Å². The van der Waals surface area contributed by atoms with Gasteiger partial charge in [0.15, 0.2) is 6.23 Å². The second-order valence-corrected chi connectivity index (χ2v) is 4.87. The molecule has 3 aliphatic rings. The Morgan fingerprint density at radius 3 is 3.12 bits per heavy atom. The molecule has 0 radical (unpaired) electrons. The molecule has 8 heteroatoms. The van der Waals surface area contributed by atoms with Gasteiger partial charge in [0.2, 0.25) is 6.17 Å². The van der Waals surface area contributed by atoms with Crippen LogP contribution in [0.3, 0.4) is 0 Å². The van der Waals surface area contributed by atoms with E-state index in [9.17, 15) is 14.0 Å². The zero-order valence-corrected chi connectivity index (χ0v) is 8.91. The highest BCUT2D eigenvalue weighted by Crippen LogP contribution is 2.34. The van der Waals surface area contributed by atoms with Gasteiger partial charge < -0.3 is 9.47 Å². The van der Waals surface area contributed by atoms with Crippen molar-refractivity contribution in [3.63, 3.8) is 0 Å². The van der Waals surface area contributed by atoms with E-state index in [1.165, 1.54) is 11.8 Å². The van der Waals surface area contributed by atoms with Crippen LogP contribution in [0.1, 0.15) is 0 Å². The molecule has 0 unspecified atom stereocenters. The Labute approximate surface area is 94.4 Å². The molecule has 0 aromatic rings. The van der Waals surface area contributed by atoms with Crippen LogP contribution in [0.15, 0.2) is 0 Å². The van der Waals surface area contributed by atoms with Gasteiger partial charge in [0.25, 0.3) is 5.91 Å². The third kappa shape index (κ3) is 1.40. The first-order valence-corrected chi connectivity index (χ1v) is 5.87. The Morgan fingerprint density at radius 2 is 2.31 bits per heavy atom. The van der Waals surface area contributed by atoms with Gasteiger partial charge in [0, 0.05) is 5.75 Å². The fourth-order valence-corrected chi connectivity index (χ4v) is 2.94. The van der Waals surface area contributed by atoms with Gasteiger partial charge in [-0.3, -0.25) is 15.0 Å². The van der Waals surface area contributed by atoms with E-state index in [1.807, 2.05) is 5.32 Å². The molecule has 0 aromatic heterocycles. The summed E-state index contributed by atoms with van der Waals surface area (Å²) in [6, 6.07) is -0.656. The molecular formula is C8H9FN2O4S. The standard InChI is InChI=1S/C8H9FN2O4S/c9-5-6(12)10-8(13)11-3-2-16-4(15-3)1-14-7(5)11/h3-5,7H,1-2H2,(H,10,12,13)/t3-,4+,5+,7+/m0/s1. The number of hydrogen-bond acceptors (Lipinski definition) is 5. The third-order valence-electron chi connectivity index (χ3n) is 2.69. The summed E-state index contributed by atoms with van der Waals surface area (Å²) in [6.45, 7) is 0.184. The molecular weight excluding hydrogens is 239 g/mol. The number of nitrogens with one attached hydrogen (secondary N) is 1. The molecule has 0 aliphatic carbocycles. The Kier molecular flexibility index (Phi) is 2.30. The topological polar surface area (TPSA) is 67.9 Å². The van der Waals surface area contributed by atoms with Gasteiger partial charge in [-0.2, -0.15) is 0 Å². The summed E-state index contributed by atoms with van der Waals surface area (Å²) in [5, 5.41) is 1.94. The van der Waals surface area contributed by atoms with Crippen LogP contribution in [0.4, 0.5) is 9.18 Å². The SMILES string of the molecule is O=C1NC(=O)N2[C@@H]3CS[C@H](CO[C@@H]2[C@@H]1F)O3. The van der Waals surface area contributed by atoms with E-state index in [0.29, 0.717) is 5.75 Å². The van der Waals surface area contributed by atoms with Crippen LogP contribution in [0.5, 0.6) is 0 Å². The van der Waals surface area contributed by atoms with Gasteiger partial charge in [0.1, 0.15) is 11.7 Å². The minimum absolute atomic E-state index is 0.184.